The number of anilines is 3. The lowest BCUT2D eigenvalue weighted by atomic mass is 10.2. The largest absolute Gasteiger partial charge is 0.326 e. The van der Waals surface area contributed by atoms with Gasteiger partial charge >= 0.3 is 0 Å². The first-order valence-electron chi connectivity index (χ1n) is 8.48. The summed E-state index contributed by atoms with van der Waals surface area (Å²) < 4.78 is 0. The Labute approximate surface area is 163 Å². The van der Waals surface area contributed by atoms with E-state index in [0.29, 0.717) is 22.1 Å². The Bertz CT molecular complexity index is 850. The molecule has 0 heterocycles. The summed E-state index contributed by atoms with van der Waals surface area (Å²) in [4.78, 5) is 36.9. The zero-order valence-electron chi connectivity index (χ0n) is 15.5. The fourth-order valence-electron chi connectivity index (χ4n) is 2.55. The predicted molar refractivity (Wildman–Crippen MR) is 108 cm³/mol. The van der Waals surface area contributed by atoms with Gasteiger partial charge in [-0.2, -0.15) is 0 Å². The van der Waals surface area contributed by atoms with Crippen molar-refractivity contribution in [3.8, 4) is 0 Å². The minimum Gasteiger partial charge on any atom is -0.326 e. The number of nitrogens with zero attached hydrogens (tertiary/aromatic N) is 1. The topological polar surface area (TPSA) is 78.5 Å². The molecule has 0 saturated heterocycles. The summed E-state index contributed by atoms with van der Waals surface area (Å²) in [6.07, 6.45) is 0.138. The van der Waals surface area contributed by atoms with Crippen molar-refractivity contribution in [1.29, 1.82) is 0 Å². The average molecular weight is 388 g/mol. The number of rotatable bonds is 6. The SMILES string of the molecule is CC(=O)Nc1ccc(N(CCC(=O)Nc2cc(Cl)ccc2C)C(C)=O)cc1. The Balaban J connectivity index is 2.01. The summed E-state index contributed by atoms with van der Waals surface area (Å²) in [7, 11) is 0. The van der Waals surface area contributed by atoms with Gasteiger partial charge in [-0.25, -0.2) is 0 Å². The van der Waals surface area contributed by atoms with Gasteiger partial charge < -0.3 is 15.5 Å². The molecule has 0 unspecified atom stereocenters. The van der Waals surface area contributed by atoms with Crippen LogP contribution in [0.2, 0.25) is 5.02 Å². The van der Waals surface area contributed by atoms with Gasteiger partial charge in [-0.05, 0) is 48.9 Å². The van der Waals surface area contributed by atoms with Gasteiger partial charge in [0, 0.05) is 48.9 Å². The maximum Gasteiger partial charge on any atom is 0.226 e. The molecular formula is C20H22ClN3O3. The van der Waals surface area contributed by atoms with E-state index in [1.54, 1.807) is 36.4 Å². The minimum atomic E-state index is -0.207. The van der Waals surface area contributed by atoms with Gasteiger partial charge in [0.2, 0.25) is 17.7 Å². The Kier molecular flexibility index (Phi) is 6.96. The Morgan fingerprint density at radius 3 is 2.26 bits per heavy atom. The second-order valence-corrected chi connectivity index (χ2v) is 6.59. The molecule has 0 saturated carbocycles. The van der Waals surface area contributed by atoms with Crippen LogP contribution >= 0.6 is 11.6 Å². The molecule has 7 heteroatoms. The number of halogens is 1. The van der Waals surface area contributed by atoms with Crippen LogP contribution in [-0.2, 0) is 14.4 Å². The van der Waals surface area contributed by atoms with Crippen molar-refractivity contribution in [3.63, 3.8) is 0 Å². The van der Waals surface area contributed by atoms with Crippen LogP contribution in [0, 0.1) is 6.92 Å². The lowest BCUT2D eigenvalue weighted by molar-refractivity contribution is -0.117. The Morgan fingerprint density at radius 1 is 1.00 bits per heavy atom. The molecule has 6 nitrogen and oxygen atoms in total. The number of carbonyl (C=O) groups excluding carboxylic acids is 3. The fraction of sp³-hybridized carbons (Fsp3) is 0.250. The van der Waals surface area contributed by atoms with E-state index in [-0.39, 0.29) is 30.7 Å². The van der Waals surface area contributed by atoms with Gasteiger partial charge in [0.15, 0.2) is 0 Å². The third kappa shape index (κ3) is 6.11. The van der Waals surface area contributed by atoms with E-state index < -0.39 is 0 Å². The summed E-state index contributed by atoms with van der Waals surface area (Å²) in [5.41, 5.74) is 2.86. The first kappa shape index (κ1) is 20.5. The predicted octanol–water partition coefficient (Wildman–Crippen LogP) is 3.99. The highest BCUT2D eigenvalue weighted by molar-refractivity contribution is 6.31. The minimum absolute atomic E-state index is 0.138. The number of hydrogen-bond acceptors (Lipinski definition) is 3. The van der Waals surface area contributed by atoms with Crippen LogP contribution in [0.4, 0.5) is 17.1 Å². The monoisotopic (exact) mass is 387 g/mol. The van der Waals surface area contributed by atoms with Gasteiger partial charge in [0.1, 0.15) is 0 Å². The highest BCUT2D eigenvalue weighted by Gasteiger charge is 2.14. The average Bonchev–Trinajstić information content (AvgIpc) is 2.59. The first-order valence-corrected chi connectivity index (χ1v) is 8.86. The number of nitrogens with one attached hydrogen (secondary N) is 2. The van der Waals surface area contributed by atoms with Crippen LogP contribution in [-0.4, -0.2) is 24.3 Å². The van der Waals surface area contributed by atoms with E-state index in [1.807, 2.05) is 13.0 Å². The van der Waals surface area contributed by atoms with Gasteiger partial charge in [0.25, 0.3) is 0 Å². The molecule has 0 aliphatic rings. The molecule has 2 N–H and O–H groups in total. The molecular weight excluding hydrogens is 366 g/mol. The molecule has 142 valence electrons. The Hall–Kier alpha value is -2.86. The first-order chi connectivity index (χ1) is 12.8. The summed E-state index contributed by atoms with van der Waals surface area (Å²) >= 11 is 5.96. The number of carbonyl (C=O) groups is 3. The molecule has 0 radical (unpaired) electrons. The van der Waals surface area contributed by atoms with Crippen molar-refractivity contribution >= 4 is 46.4 Å². The van der Waals surface area contributed by atoms with Crippen molar-refractivity contribution in [1.82, 2.24) is 0 Å². The zero-order valence-corrected chi connectivity index (χ0v) is 16.3. The molecule has 3 amide bonds. The molecule has 0 atom stereocenters. The molecule has 2 aromatic carbocycles. The maximum absolute atomic E-state index is 12.3. The second kappa shape index (κ2) is 9.19. The molecule has 0 aliphatic carbocycles. The number of amides is 3. The maximum atomic E-state index is 12.3. The lowest BCUT2D eigenvalue weighted by Crippen LogP contribution is -2.32. The quantitative estimate of drug-likeness (QED) is 0.786. The van der Waals surface area contributed by atoms with Crippen molar-refractivity contribution in [2.24, 2.45) is 0 Å². The molecule has 0 bridgehead atoms. The third-order valence-electron chi connectivity index (χ3n) is 3.92. The molecule has 0 spiro atoms. The molecule has 0 aromatic heterocycles. The standard InChI is InChI=1S/C20H22ClN3O3/c1-13-4-5-16(21)12-19(13)23-20(27)10-11-24(15(3)26)18-8-6-17(7-9-18)22-14(2)25/h4-9,12H,10-11H2,1-3H3,(H,22,25)(H,23,27). The summed E-state index contributed by atoms with van der Waals surface area (Å²) in [5.74, 6) is -0.547. The fourth-order valence-corrected chi connectivity index (χ4v) is 2.72. The molecule has 2 rings (SSSR count). The van der Waals surface area contributed by atoms with E-state index in [1.165, 1.54) is 18.7 Å². The number of hydrogen-bond donors (Lipinski definition) is 2. The van der Waals surface area contributed by atoms with Crippen LogP contribution in [0.25, 0.3) is 0 Å². The van der Waals surface area contributed by atoms with E-state index in [2.05, 4.69) is 10.6 Å². The van der Waals surface area contributed by atoms with Crippen molar-refractivity contribution in [3.05, 3.63) is 53.1 Å². The highest BCUT2D eigenvalue weighted by atomic mass is 35.5. The van der Waals surface area contributed by atoms with Crippen LogP contribution in [0.15, 0.2) is 42.5 Å². The summed E-state index contributed by atoms with van der Waals surface area (Å²) in [5, 5.41) is 6.03. The highest BCUT2D eigenvalue weighted by Crippen LogP contribution is 2.21. The van der Waals surface area contributed by atoms with E-state index in [0.717, 1.165) is 5.56 Å². The van der Waals surface area contributed by atoms with Gasteiger partial charge in [-0.15, -0.1) is 0 Å². The number of benzene rings is 2. The smallest absolute Gasteiger partial charge is 0.226 e. The van der Waals surface area contributed by atoms with Crippen molar-refractivity contribution < 1.29 is 14.4 Å². The van der Waals surface area contributed by atoms with E-state index >= 15 is 0 Å². The van der Waals surface area contributed by atoms with Gasteiger partial charge in [-0.3, -0.25) is 14.4 Å². The molecule has 0 aliphatic heterocycles. The number of aryl methyl sites for hydroxylation is 1. The van der Waals surface area contributed by atoms with Crippen molar-refractivity contribution in [2.75, 3.05) is 22.1 Å². The van der Waals surface area contributed by atoms with Gasteiger partial charge in [0.05, 0.1) is 0 Å². The summed E-state index contributed by atoms with van der Waals surface area (Å²) in [6.45, 7) is 4.99. The van der Waals surface area contributed by atoms with Crippen LogP contribution in [0.1, 0.15) is 25.8 Å². The van der Waals surface area contributed by atoms with E-state index in [9.17, 15) is 14.4 Å². The normalized spacial score (nSPS) is 10.2. The lowest BCUT2D eigenvalue weighted by Gasteiger charge is -2.21. The Morgan fingerprint density at radius 2 is 1.67 bits per heavy atom. The zero-order chi connectivity index (χ0) is 20.0. The third-order valence-corrected chi connectivity index (χ3v) is 4.15. The molecule has 0 fully saturated rings. The molecule has 27 heavy (non-hydrogen) atoms. The second-order valence-electron chi connectivity index (χ2n) is 6.16. The van der Waals surface area contributed by atoms with Crippen LogP contribution in [0.3, 0.4) is 0 Å². The summed E-state index contributed by atoms with van der Waals surface area (Å²) in [6, 6.07) is 12.2. The van der Waals surface area contributed by atoms with Crippen molar-refractivity contribution in [2.45, 2.75) is 27.2 Å². The van der Waals surface area contributed by atoms with E-state index in [4.69, 9.17) is 11.6 Å². The molecule has 2 aromatic rings. The van der Waals surface area contributed by atoms with Crippen LogP contribution < -0.4 is 15.5 Å². The van der Waals surface area contributed by atoms with Gasteiger partial charge in [-0.1, -0.05) is 17.7 Å². The van der Waals surface area contributed by atoms with Crippen LogP contribution in [0.5, 0.6) is 0 Å².